The largest absolute Gasteiger partial charge is 0.311 e. The summed E-state index contributed by atoms with van der Waals surface area (Å²) in [4.78, 5) is 2.70. The molecule has 0 aromatic carbocycles. The minimum atomic E-state index is 0.362. The van der Waals surface area contributed by atoms with Crippen LogP contribution in [0.2, 0.25) is 0 Å². The van der Waals surface area contributed by atoms with Crippen LogP contribution in [0.4, 0.5) is 0 Å². The van der Waals surface area contributed by atoms with Gasteiger partial charge >= 0.3 is 0 Å². The molecular formula is C13H28N2S. The lowest BCUT2D eigenvalue weighted by atomic mass is 9.89. The highest BCUT2D eigenvalue weighted by atomic mass is 32.2. The van der Waals surface area contributed by atoms with E-state index in [1.54, 1.807) is 0 Å². The molecule has 0 saturated carbocycles. The fourth-order valence-electron chi connectivity index (χ4n) is 2.34. The highest BCUT2D eigenvalue weighted by molar-refractivity contribution is 7.98. The molecule has 1 saturated heterocycles. The minimum absolute atomic E-state index is 0.362. The lowest BCUT2D eigenvalue weighted by Gasteiger charge is -2.49. The first-order valence-electron chi connectivity index (χ1n) is 6.51. The van der Waals surface area contributed by atoms with Crippen molar-refractivity contribution in [2.75, 3.05) is 31.6 Å². The molecule has 2 unspecified atom stereocenters. The molecule has 96 valence electrons. The molecule has 1 fully saturated rings. The first-order chi connectivity index (χ1) is 7.53. The number of rotatable bonds is 5. The predicted molar refractivity (Wildman–Crippen MR) is 75.3 cm³/mol. The highest BCUT2D eigenvalue weighted by Crippen LogP contribution is 2.24. The van der Waals surface area contributed by atoms with Crippen molar-refractivity contribution < 1.29 is 0 Å². The summed E-state index contributed by atoms with van der Waals surface area (Å²) < 4.78 is 0. The van der Waals surface area contributed by atoms with Crippen LogP contribution in [0.1, 0.15) is 34.1 Å². The molecule has 0 aromatic heterocycles. The van der Waals surface area contributed by atoms with Gasteiger partial charge < -0.3 is 5.32 Å². The SMILES string of the molecule is CCC1(C)CNC(C(C)C)CN1CCSC. The van der Waals surface area contributed by atoms with Gasteiger partial charge in [0, 0.05) is 37.0 Å². The Morgan fingerprint density at radius 3 is 2.69 bits per heavy atom. The van der Waals surface area contributed by atoms with Crippen molar-refractivity contribution in [3.05, 3.63) is 0 Å². The van der Waals surface area contributed by atoms with E-state index in [2.05, 4.69) is 44.2 Å². The zero-order valence-electron chi connectivity index (χ0n) is 11.5. The second-order valence-electron chi connectivity index (χ2n) is 5.52. The summed E-state index contributed by atoms with van der Waals surface area (Å²) in [5, 5.41) is 3.72. The fraction of sp³-hybridized carbons (Fsp3) is 1.00. The molecule has 0 spiro atoms. The van der Waals surface area contributed by atoms with Crippen molar-refractivity contribution in [1.82, 2.24) is 10.2 Å². The average Bonchev–Trinajstić information content (AvgIpc) is 2.27. The summed E-state index contributed by atoms with van der Waals surface area (Å²) in [6, 6.07) is 0.668. The van der Waals surface area contributed by atoms with Gasteiger partial charge in [-0.15, -0.1) is 0 Å². The normalized spacial score (nSPS) is 32.2. The summed E-state index contributed by atoms with van der Waals surface area (Å²) in [5.74, 6) is 1.98. The van der Waals surface area contributed by atoms with E-state index >= 15 is 0 Å². The fourth-order valence-corrected chi connectivity index (χ4v) is 2.75. The monoisotopic (exact) mass is 244 g/mol. The lowest BCUT2D eigenvalue weighted by molar-refractivity contribution is 0.0446. The van der Waals surface area contributed by atoms with Crippen molar-refractivity contribution in [2.24, 2.45) is 5.92 Å². The van der Waals surface area contributed by atoms with Gasteiger partial charge in [-0.3, -0.25) is 4.90 Å². The Kier molecular flexibility index (Phi) is 5.62. The molecule has 2 nitrogen and oxygen atoms in total. The Balaban J connectivity index is 2.62. The van der Waals surface area contributed by atoms with E-state index in [0.717, 1.165) is 12.5 Å². The molecule has 1 heterocycles. The predicted octanol–water partition coefficient (Wildman–Crippen LogP) is 2.45. The number of hydrogen-bond donors (Lipinski definition) is 1. The summed E-state index contributed by atoms with van der Waals surface area (Å²) in [6.07, 6.45) is 3.44. The molecule has 0 aromatic rings. The third-order valence-corrected chi connectivity index (χ3v) is 4.65. The second kappa shape index (κ2) is 6.27. The van der Waals surface area contributed by atoms with Crippen molar-refractivity contribution in [3.8, 4) is 0 Å². The Morgan fingerprint density at radius 2 is 2.19 bits per heavy atom. The van der Waals surface area contributed by atoms with E-state index in [1.165, 1.54) is 25.3 Å². The second-order valence-corrected chi connectivity index (χ2v) is 6.51. The van der Waals surface area contributed by atoms with Crippen LogP contribution in [0.25, 0.3) is 0 Å². The molecule has 1 N–H and O–H groups in total. The first-order valence-corrected chi connectivity index (χ1v) is 7.90. The van der Waals surface area contributed by atoms with Gasteiger partial charge in [-0.2, -0.15) is 11.8 Å². The Morgan fingerprint density at radius 1 is 1.50 bits per heavy atom. The first kappa shape index (κ1) is 14.3. The maximum absolute atomic E-state index is 3.72. The average molecular weight is 244 g/mol. The van der Waals surface area contributed by atoms with Gasteiger partial charge in [0.25, 0.3) is 0 Å². The standard InChI is InChI=1S/C13H28N2S/c1-6-13(4)10-14-12(11(2)3)9-15(13)7-8-16-5/h11-12,14H,6-10H2,1-5H3. The number of piperazine rings is 1. The van der Waals surface area contributed by atoms with Crippen molar-refractivity contribution >= 4 is 11.8 Å². The molecule has 0 aliphatic carbocycles. The third kappa shape index (κ3) is 3.38. The lowest BCUT2D eigenvalue weighted by Crippen LogP contribution is -2.64. The third-order valence-electron chi connectivity index (χ3n) is 4.06. The van der Waals surface area contributed by atoms with Gasteiger partial charge in [0.05, 0.1) is 0 Å². The van der Waals surface area contributed by atoms with Crippen LogP contribution in [-0.2, 0) is 0 Å². The summed E-state index contributed by atoms with van der Waals surface area (Å²) in [5.41, 5.74) is 0.362. The van der Waals surface area contributed by atoms with Gasteiger partial charge in [0.15, 0.2) is 0 Å². The van der Waals surface area contributed by atoms with E-state index in [-0.39, 0.29) is 0 Å². The molecule has 1 rings (SSSR count). The molecule has 0 bridgehead atoms. The van der Waals surface area contributed by atoms with E-state index < -0.39 is 0 Å². The Labute approximate surface area is 106 Å². The van der Waals surface area contributed by atoms with Crippen LogP contribution in [0, 0.1) is 5.92 Å². The van der Waals surface area contributed by atoms with E-state index in [0.29, 0.717) is 11.6 Å². The van der Waals surface area contributed by atoms with Crippen LogP contribution < -0.4 is 5.32 Å². The summed E-state index contributed by atoms with van der Waals surface area (Å²) in [7, 11) is 0. The van der Waals surface area contributed by atoms with Crippen LogP contribution in [-0.4, -0.2) is 48.1 Å². The van der Waals surface area contributed by atoms with Gasteiger partial charge in [0.1, 0.15) is 0 Å². The topological polar surface area (TPSA) is 15.3 Å². The van der Waals surface area contributed by atoms with E-state index in [9.17, 15) is 0 Å². The van der Waals surface area contributed by atoms with Crippen molar-refractivity contribution in [2.45, 2.75) is 45.7 Å². The molecular weight excluding hydrogens is 216 g/mol. The van der Waals surface area contributed by atoms with Gasteiger partial charge in [-0.1, -0.05) is 20.8 Å². The maximum Gasteiger partial charge on any atom is 0.0304 e. The minimum Gasteiger partial charge on any atom is -0.311 e. The quantitative estimate of drug-likeness (QED) is 0.800. The molecule has 2 atom stereocenters. The van der Waals surface area contributed by atoms with Crippen LogP contribution in [0.5, 0.6) is 0 Å². The molecule has 3 heteroatoms. The Hall–Kier alpha value is 0.270. The van der Waals surface area contributed by atoms with Gasteiger partial charge in [0.2, 0.25) is 0 Å². The molecule has 0 amide bonds. The number of nitrogens with one attached hydrogen (secondary N) is 1. The highest BCUT2D eigenvalue weighted by Gasteiger charge is 2.36. The van der Waals surface area contributed by atoms with Gasteiger partial charge in [-0.25, -0.2) is 0 Å². The zero-order valence-corrected chi connectivity index (χ0v) is 12.4. The van der Waals surface area contributed by atoms with Crippen molar-refractivity contribution in [3.63, 3.8) is 0 Å². The van der Waals surface area contributed by atoms with Crippen LogP contribution in [0.3, 0.4) is 0 Å². The smallest absolute Gasteiger partial charge is 0.0304 e. The Bertz CT molecular complexity index is 208. The van der Waals surface area contributed by atoms with Crippen molar-refractivity contribution in [1.29, 1.82) is 0 Å². The van der Waals surface area contributed by atoms with Crippen LogP contribution in [0.15, 0.2) is 0 Å². The zero-order chi connectivity index (χ0) is 12.2. The maximum atomic E-state index is 3.72. The van der Waals surface area contributed by atoms with Crippen LogP contribution >= 0.6 is 11.8 Å². The number of thioether (sulfide) groups is 1. The molecule has 1 aliphatic rings. The van der Waals surface area contributed by atoms with Gasteiger partial charge in [-0.05, 0) is 25.5 Å². The summed E-state index contributed by atoms with van der Waals surface area (Å²) >= 11 is 1.95. The molecule has 1 aliphatic heterocycles. The number of hydrogen-bond acceptors (Lipinski definition) is 3. The number of nitrogens with zero attached hydrogens (tertiary/aromatic N) is 1. The molecule has 0 radical (unpaired) electrons. The van der Waals surface area contributed by atoms with E-state index in [1.807, 2.05) is 11.8 Å². The summed E-state index contributed by atoms with van der Waals surface area (Å²) in [6.45, 7) is 12.9. The molecule has 16 heavy (non-hydrogen) atoms. The van der Waals surface area contributed by atoms with E-state index in [4.69, 9.17) is 0 Å².